The number of carbonyl (C=O) groups is 1. The molecule has 158 valence electrons. The number of unbranched alkanes of at least 4 members (excludes halogenated alkanes) is 2. The van der Waals surface area contributed by atoms with E-state index in [2.05, 4.69) is 10.0 Å². The standard InChI is InChI=1S/C18H23N2O7PS/c21-18(28(22,23)24)19-13-5-2-6-14-20-29(25,26)17-11-9-16(10-12-17)27-15-7-3-1-4-8-15/h1,3-4,7-12,20H,2,5-6,13-14H2,(H,19,21)(H2,22,23,24). The monoisotopic (exact) mass is 442 g/mol. The van der Waals surface area contributed by atoms with Gasteiger partial charge in [0.05, 0.1) is 4.90 Å². The number of nitrogens with one attached hydrogen (secondary N) is 2. The lowest BCUT2D eigenvalue weighted by atomic mass is 10.2. The maximum atomic E-state index is 12.3. The minimum Gasteiger partial charge on any atom is -0.457 e. The van der Waals surface area contributed by atoms with Crippen molar-refractivity contribution in [2.75, 3.05) is 13.1 Å². The van der Waals surface area contributed by atoms with Crippen LogP contribution in [0.5, 0.6) is 11.5 Å². The second-order valence-electron chi connectivity index (χ2n) is 6.12. The van der Waals surface area contributed by atoms with E-state index in [0.29, 0.717) is 30.8 Å². The summed E-state index contributed by atoms with van der Waals surface area (Å²) >= 11 is 0. The number of para-hydroxylation sites is 1. The third-order valence-electron chi connectivity index (χ3n) is 3.80. The molecule has 9 nitrogen and oxygen atoms in total. The van der Waals surface area contributed by atoms with E-state index in [9.17, 15) is 17.8 Å². The van der Waals surface area contributed by atoms with E-state index >= 15 is 0 Å². The van der Waals surface area contributed by atoms with Crippen molar-refractivity contribution in [1.29, 1.82) is 0 Å². The first-order chi connectivity index (χ1) is 13.7. The van der Waals surface area contributed by atoms with Gasteiger partial charge in [-0.3, -0.25) is 4.79 Å². The summed E-state index contributed by atoms with van der Waals surface area (Å²) in [4.78, 5) is 28.4. The molecule has 0 aliphatic heterocycles. The van der Waals surface area contributed by atoms with Gasteiger partial charge in [-0.05, 0) is 49.2 Å². The SMILES string of the molecule is O=C(NCCCCCNS(=O)(=O)c1ccc(Oc2ccccc2)cc1)P(=O)(O)O. The smallest absolute Gasteiger partial charge is 0.413 e. The summed E-state index contributed by atoms with van der Waals surface area (Å²) in [7, 11) is -8.40. The summed E-state index contributed by atoms with van der Waals surface area (Å²) in [5.41, 5.74) is -1.31. The van der Waals surface area contributed by atoms with Crippen LogP contribution in [-0.4, -0.2) is 36.9 Å². The fourth-order valence-corrected chi connectivity index (χ4v) is 3.72. The number of benzene rings is 2. The van der Waals surface area contributed by atoms with Gasteiger partial charge in [-0.1, -0.05) is 24.6 Å². The second kappa shape index (κ2) is 10.5. The number of amides is 1. The normalized spacial score (nSPS) is 11.8. The molecule has 0 radical (unpaired) electrons. The molecular weight excluding hydrogens is 419 g/mol. The van der Waals surface area contributed by atoms with E-state index in [4.69, 9.17) is 14.5 Å². The Kier molecular flexibility index (Phi) is 8.36. The fraction of sp³-hybridized carbons (Fsp3) is 0.278. The third-order valence-corrected chi connectivity index (χ3v) is 5.96. The molecule has 1 amide bonds. The van der Waals surface area contributed by atoms with Crippen LogP contribution in [0.2, 0.25) is 0 Å². The van der Waals surface area contributed by atoms with Gasteiger partial charge in [-0.15, -0.1) is 0 Å². The number of hydrogen-bond donors (Lipinski definition) is 4. The lowest BCUT2D eigenvalue weighted by Crippen LogP contribution is -2.25. The van der Waals surface area contributed by atoms with Gasteiger partial charge in [0.2, 0.25) is 10.0 Å². The molecule has 0 bridgehead atoms. The second-order valence-corrected chi connectivity index (χ2v) is 9.38. The molecule has 2 aromatic carbocycles. The van der Waals surface area contributed by atoms with Gasteiger partial charge in [0, 0.05) is 13.1 Å². The summed E-state index contributed by atoms with van der Waals surface area (Å²) in [5.74, 6) is 1.17. The van der Waals surface area contributed by atoms with E-state index in [0.717, 1.165) is 0 Å². The number of ether oxygens (including phenoxy) is 1. The Morgan fingerprint density at radius 1 is 0.897 bits per heavy atom. The highest BCUT2D eigenvalue weighted by Gasteiger charge is 2.24. The Balaban J connectivity index is 1.72. The fourth-order valence-electron chi connectivity index (χ4n) is 2.33. The highest BCUT2D eigenvalue weighted by Crippen LogP contribution is 2.34. The van der Waals surface area contributed by atoms with Gasteiger partial charge in [-0.25, -0.2) is 17.7 Å². The van der Waals surface area contributed by atoms with E-state index in [1.807, 2.05) is 18.2 Å². The average Bonchev–Trinajstić information content (AvgIpc) is 2.67. The summed E-state index contributed by atoms with van der Waals surface area (Å²) in [6.45, 7) is 0.316. The molecule has 0 heterocycles. The van der Waals surface area contributed by atoms with Crippen molar-refractivity contribution in [1.82, 2.24) is 10.0 Å². The van der Waals surface area contributed by atoms with Crippen molar-refractivity contribution in [3.63, 3.8) is 0 Å². The van der Waals surface area contributed by atoms with Crippen molar-refractivity contribution in [2.45, 2.75) is 24.2 Å². The molecule has 2 rings (SSSR count). The van der Waals surface area contributed by atoms with Crippen molar-refractivity contribution < 1.29 is 32.3 Å². The average molecular weight is 442 g/mol. The summed E-state index contributed by atoms with van der Waals surface area (Å²) < 4.78 is 43.4. The lowest BCUT2D eigenvalue weighted by Gasteiger charge is -2.09. The van der Waals surface area contributed by atoms with Gasteiger partial charge in [0.15, 0.2) is 0 Å². The number of sulfonamides is 1. The summed E-state index contributed by atoms with van der Waals surface area (Å²) in [6.07, 6.45) is 1.56. The maximum absolute atomic E-state index is 12.3. The van der Waals surface area contributed by atoms with Crippen LogP contribution in [0, 0.1) is 0 Å². The Morgan fingerprint density at radius 2 is 1.48 bits per heavy atom. The van der Waals surface area contributed by atoms with Crippen molar-refractivity contribution in [2.24, 2.45) is 0 Å². The van der Waals surface area contributed by atoms with Gasteiger partial charge < -0.3 is 19.8 Å². The summed E-state index contributed by atoms with van der Waals surface area (Å²) in [6, 6.07) is 15.2. The lowest BCUT2D eigenvalue weighted by molar-refractivity contribution is 0.248. The van der Waals surface area contributed by atoms with E-state index in [1.165, 1.54) is 12.1 Å². The van der Waals surface area contributed by atoms with Crippen LogP contribution in [0.1, 0.15) is 19.3 Å². The molecule has 2 aromatic rings. The third kappa shape index (κ3) is 7.96. The molecule has 0 fully saturated rings. The van der Waals surface area contributed by atoms with E-state index in [1.54, 1.807) is 24.3 Å². The Morgan fingerprint density at radius 3 is 2.10 bits per heavy atom. The quantitative estimate of drug-likeness (QED) is 0.310. The molecule has 0 aliphatic carbocycles. The van der Waals surface area contributed by atoms with Crippen LogP contribution in [0.4, 0.5) is 4.79 Å². The zero-order chi connectivity index (χ0) is 21.3. The first-order valence-corrected chi connectivity index (χ1v) is 11.9. The zero-order valence-corrected chi connectivity index (χ0v) is 17.2. The number of carbonyl (C=O) groups excluding carboxylic acids is 1. The van der Waals surface area contributed by atoms with Gasteiger partial charge >= 0.3 is 13.2 Å². The number of hydrogen-bond acceptors (Lipinski definition) is 5. The predicted octanol–water partition coefficient (Wildman–Crippen LogP) is 2.81. The largest absolute Gasteiger partial charge is 0.457 e. The molecule has 0 saturated carbocycles. The molecule has 0 aromatic heterocycles. The molecular formula is C18H23N2O7PS. The van der Waals surface area contributed by atoms with Gasteiger partial charge in [0.25, 0.3) is 0 Å². The number of rotatable bonds is 11. The highest BCUT2D eigenvalue weighted by molar-refractivity contribution is 7.89. The van der Waals surface area contributed by atoms with Crippen molar-refractivity contribution >= 4 is 23.3 Å². The van der Waals surface area contributed by atoms with Crippen molar-refractivity contribution in [3.8, 4) is 11.5 Å². The highest BCUT2D eigenvalue weighted by atomic mass is 32.2. The maximum Gasteiger partial charge on any atom is 0.413 e. The first kappa shape index (κ1) is 23.1. The van der Waals surface area contributed by atoms with E-state index < -0.39 is 23.3 Å². The van der Waals surface area contributed by atoms with Crippen molar-refractivity contribution in [3.05, 3.63) is 54.6 Å². The van der Waals surface area contributed by atoms with Crippen LogP contribution in [0.3, 0.4) is 0 Å². The molecule has 4 N–H and O–H groups in total. The van der Waals surface area contributed by atoms with E-state index in [-0.39, 0.29) is 18.0 Å². The first-order valence-electron chi connectivity index (χ1n) is 8.85. The van der Waals surface area contributed by atoms with Crippen LogP contribution in [0.25, 0.3) is 0 Å². The topological polar surface area (TPSA) is 142 Å². The summed E-state index contributed by atoms with van der Waals surface area (Å²) in [5, 5.41) is 2.13. The Labute approximate surface area is 169 Å². The molecule has 11 heteroatoms. The Bertz CT molecular complexity index is 944. The van der Waals surface area contributed by atoms with Crippen LogP contribution >= 0.6 is 7.60 Å². The zero-order valence-electron chi connectivity index (χ0n) is 15.5. The van der Waals surface area contributed by atoms with Crippen LogP contribution in [0.15, 0.2) is 59.5 Å². The predicted molar refractivity (Wildman–Crippen MR) is 107 cm³/mol. The van der Waals surface area contributed by atoms with Crippen LogP contribution < -0.4 is 14.8 Å². The molecule has 0 aliphatic rings. The van der Waals surface area contributed by atoms with Gasteiger partial charge in [0.1, 0.15) is 11.5 Å². The molecule has 0 saturated heterocycles. The molecule has 29 heavy (non-hydrogen) atoms. The molecule has 0 atom stereocenters. The minimum atomic E-state index is -4.75. The minimum absolute atomic E-state index is 0.111. The molecule has 0 spiro atoms. The van der Waals surface area contributed by atoms with Gasteiger partial charge in [-0.2, -0.15) is 0 Å². The Hall–Kier alpha value is -2.23. The molecule has 0 unspecified atom stereocenters. The van der Waals surface area contributed by atoms with Crippen LogP contribution in [-0.2, 0) is 14.6 Å².